The van der Waals surface area contributed by atoms with Gasteiger partial charge in [0.05, 0.1) is 11.4 Å². The standard InChI is InChI=1S/C21H18N4O2/c22-18-5-1-2-6-19(18)25-21(27)16-8-10-17(11-9-16)24-20(26)12-7-15-4-3-13-23-14-15/h1-14H,22H2,(H,24,26)(H,25,27). The zero-order chi connectivity index (χ0) is 19.1. The van der Waals surface area contributed by atoms with E-state index in [-0.39, 0.29) is 11.8 Å². The van der Waals surface area contributed by atoms with Gasteiger partial charge in [-0.1, -0.05) is 18.2 Å². The average molecular weight is 358 g/mol. The molecule has 134 valence electrons. The largest absolute Gasteiger partial charge is 0.397 e. The molecule has 0 saturated heterocycles. The summed E-state index contributed by atoms with van der Waals surface area (Å²) in [6.07, 6.45) is 6.43. The number of carbonyl (C=O) groups is 2. The maximum Gasteiger partial charge on any atom is 0.255 e. The SMILES string of the molecule is Nc1ccccc1NC(=O)c1ccc(NC(=O)C=Cc2cccnc2)cc1. The molecule has 1 aromatic heterocycles. The number of nitrogens with zero attached hydrogens (tertiary/aromatic N) is 1. The molecule has 3 rings (SSSR count). The topological polar surface area (TPSA) is 97.1 Å². The lowest BCUT2D eigenvalue weighted by atomic mass is 10.1. The van der Waals surface area contributed by atoms with Crippen molar-refractivity contribution in [2.75, 3.05) is 16.4 Å². The van der Waals surface area contributed by atoms with E-state index in [2.05, 4.69) is 15.6 Å². The molecule has 27 heavy (non-hydrogen) atoms. The Morgan fingerprint density at radius 1 is 0.926 bits per heavy atom. The van der Waals surface area contributed by atoms with Gasteiger partial charge in [0, 0.05) is 29.7 Å². The highest BCUT2D eigenvalue weighted by Gasteiger charge is 2.08. The third-order valence-corrected chi connectivity index (χ3v) is 3.74. The number of nitrogens with two attached hydrogens (primary N) is 1. The molecule has 0 fully saturated rings. The molecule has 0 aliphatic heterocycles. The number of nitrogens with one attached hydrogen (secondary N) is 2. The van der Waals surface area contributed by atoms with Gasteiger partial charge in [-0.05, 0) is 54.1 Å². The van der Waals surface area contributed by atoms with E-state index in [4.69, 9.17) is 5.73 Å². The lowest BCUT2D eigenvalue weighted by Crippen LogP contribution is -2.13. The van der Waals surface area contributed by atoms with E-state index < -0.39 is 0 Å². The van der Waals surface area contributed by atoms with Crippen LogP contribution in [0.1, 0.15) is 15.9 Å². The first kappa shape index (κ1) is 17.9. The molecule has 2 amide bonds. The smallest absolute Gasteiger partial charge is 0.255 e. The maximum absolute atomic E-state index is 12.3. The van der Waals surface area contributed by atoms with Gasteiger partial charge in [-0.2, -0.15) is 0 Å². The second kappa shape index (κ2) is 8.44. The second-order valence-electron chi connectivity index (χ2n) is 5.73. The quantitative estimate of drug-likeness (QED) is 0.480. The average Bonchev–Trinajstić information content (AvgIpc) is 2.69. The van der Waals surface area contributed by atoms with Crippen molar-refractivity contribution in [3.05, 3.63) is 90.3 Å². The van der Waals surface area contributed by atoms with Crippen molar-refractivity contribution >= 4 is 35.0 Å². The van der Waals surface area contributed by atoms with E-state index >= 15 is 0 Å². The Morgan fingerprint density at radius 2 is 1.70 bits per heavy atom. The maximum atomic E-state index is 12.3. The van der Waals surface area contributed by atoms with Crippen LogP contribution in [0.15, 0.2) is 79.1 Å². The van der Waals surface area contributed by atoms with Gasteiger partial charge in [-0.15, -0.1) is 0 Å². The number of rotatable bonds is 5. The minimum absolute atomic E-state index is 0.270. The van der Waals surface area contributed by atoms with Crippen molar-refractivity contribution in [1.29, 1.82) is 0 Å². The molecular formula is C21H18N4O2. The number of aromatic nitrogens is 1. The molecule has 0 aliphatic carbocycles. The summed E-state index contributed by atoms with van der Waals surface area (Å²) in [5.41, 5.74) is 8.76. The number of hydrogen-bond acceptors (Lipinski definition) is 4. The zero-order valence-corrected chi connectivity index (χ0v) is 14.4. The van der Waals surface area contributed by atoms with Crippen LogP contribution in [0.3, 0.4) is 0 Å². The molecule has 0 bridgehead atoms. The van der Waals surface area contributed by atoms with Crippen LogP contribution in [-0.2, 0) is 4.79 Å². The molecule has 0 unspecified atom stereocenters. The summed E-state index contributed by atoms with van der Waals surface area (Å²) in [5, 5.41) is 5.50. The Bertz CT molecular complexity index is 967. The molecule has 0 aliphatic rings. The van der Waals surface area contributed by atoms with Crippen LogP contribution < -0.4 is 16.4 Å². The Morgan fingerprint density at radius 3 is 2.41 bits per heavy atom. The van der Waals surface area contributed by atoms with Crippen LogP contribution in [0.5, 0.6) is 0 Å². The number of carbonyl (C=O) groups excluding carboxylic acids is 2. The van der Waals surface area contributed by atoms with Gasteiger partial charge in [0.25, 0.3) is 5.91 Å². The van der Waals surface area contributed by atoms with Crippen molar-refractivity contribution in [3.63, 3.8) is 0 Å². The fourth-order valence-electron chi connectivity index (χ4n) is 2.34. The minimum Gasteiger partial charge on any atom is -0.397 e. The van der Waals surface area contributed by atoms with Gasteiger partial charge in [0.2, 0.25) is 5.91 Å². The van der Waals surface area contributed by atoms with Crippen molar-refractivity contribution in [3.8, 4) is 0 Å². The highest BCUT2D eigenvalue weighted by molar-refractivity contribution is 6.06. The number of anilines is 3. The highest BCUT2D eigenvalue weighted by Crippen LogP contribution is 2.18. The number of nitrogen functional groups attached to an aromatic ring is 1. The Balaban J connectivity index is 1.60. The molecule has 2 aromatic carbocycles. The first-order chi connectivity index (χ1) is 13.1. The third-order valence-electron chi connectivity index (χ3n) is 3.74. The summed E-state index contributed by atoms with van der Waals surface area (Å²) in [5.74, 6) is -0.546. The van der Waals surface area contributed by atoms with Gasteiger partial charge in [0.1, 0.15) is 0 Å². The fraction of sp³-hybridized carbons (Fsp3) is 0. The lowest BCUT2D eigenvalue weighted by molar-refractivity contribution is -0.111. The summed E-state index contributed by atoms with van der Waals surface area (Å²) >= 11 is 0. The number of amides is 2. The van der Waals surface area contributed by atoms with Crippen LogP contribution in [-0.4, -0.2) is 16.8 Å². The Kier molecular flexibility index (Phi) is 5.59. The normalized spacial score (nSPS) is 10.5. The molecule has 0 spiro atoms. The van der Waals surface area contributed by atoms with Gasteiger partial charge in [-0.25, -0.2) is 0 Å². The summed E-state index contributed by atoms with van der Waals surface area (Å²) in [4.78, 5) is 28.2. The molecule has 6 nitrogen and oxygen atoms in total. The first-order valence-corrected chi connectivity index (χ1v) is 8.27. The molecule has 0 saturated carbocycles. The Hall–Kier alpha value is -3.93. The summed E-state index contributed by atoms with van der Waals surface area (Å²) in [7, 11) is 0. The Labute approximate surface area is 156 Å². The number of hydrogen-bond donors (Lipinski definition) is 3. The van der Waals surface area contributed by atoms with Crippen LogP contribution in [0.25, 0.3) is 6.08 Å². The van der Waals surface area contributed by atoms with E-state index in [0.717, 1.165) is 5.56 Å². The molecule has 0 radical (unpaired) electrons. The number of para-hydroxylation sites is 2. The number of pyridine rings is 1. The molecule has 4 N–H and O–H groups in total. The van der Waals surface area contributed by atoms with Gasteiger partial charge < -0.3 is 16.4 Å². The van der Waals surface area contributed by atoms with Crippen LogP contribution >= 0.6 is 0 Å². The molecular weight excluding hydrogens is 340 g/mol. The van der Waals surface area contributed by atoms with Gasteiger partial charge >= 0.3 is 0 Å². The van der Waals surface area contributed by atoms with E-state index in [1.807, 2.05) is 6.07 Å². The van der Waals surface area contributed by atoms with Crippen molar-refractivity contribution < 1.29 is 9.59 Å². The monoisotopic (exact) mass is 358 g/mol. The summed E-state index contributed by atoms with van der Waals surface area (Å²) in [6, 6.07) is 17.3. The van der Waals surface area contributed by atoms with Gasteiger partial charge in [0.15, 0.2) is 0 Å². The third kappa shape index (κ3) is 5.02. The van der Waals surface area contributed by atoms with Gasteiger partial charge in [-0.3, -0.25) is 14.6 Å². The minimum atomic E-state index is -0.276. The van der Waals surface area contributed by atoms with Crippen molar-refractivity contribution in [2.24, 2.45) is 0 Å². The van der Waals surface area contributed by atoms with Crippen molar-refractivity contribution in [2.45, 2.75) is 0 Å². The molecule has 1 heterocycles. The van der Waals surface area contributed by atoms with Crippen LogP contribution in [0, 0.1) is 0 Å². The predicted molar refractivity (Wildman–Crippen MR) is 107 cm³/mol. The lowest BCUT2D eigenvalue weighted by Gasteiger charge is -2.08. The predicted octanol–water partition coefficient (Wildman–Crippen LogP) is 3.57. The molecule has 3 aromatic rings. The van der Waals surface area contributed by atoms with Crippen molar-refractivity contribution in [1.82, 2.24) is 4.98 Å². The summed E-state index contributed by atoms with van der Waals surface area (Å²) in [6.45, 7) is 0. The highest BCUT2D eigenvalue weighted by atomic mass is 16.2. The molecule has 6 heteroatoms. The van der Waals surface area contributed by atoms with Crippen LogP contribution in [0.2, 0.25) is 0 Å². The zero-order valence-electron chi connectivity index (χ0n) is 14.4. The van der Waals surface area contributed by atoms with E-state index in [1.165, 1.54) is 6.08 Å². The second-order valence-corrected chi connectivity index (χ2v) is 5.73. The van der Waals surface area contributed by atoms with E-state index in [1.54, 1.807) is 73.1 Å². The van der Waals surface area contributed by atoms with Crippen LogP contribution in [0.4, 0.5) is 17.1 Å². The summed E-state index contributed by atoms with van der Waals surface area (Å²) < 4.78 is 0. The molecule has 0 atom stereocenters. The van der Waals surface area contributed by atoms with E-state index in [0.29, 0.717) is 22.6 Å². The first-order valence-electron chi connectivity index (χ1n) is 8.27. The fourth-order valence-corrected chi connectivity index (χ4v) is 2.34. The van der Waals surface area contributed by atoms with E-state index in [9.17, 15) is 9.59 Å². The number of benzene rings is 2.